The molecular weight excluding hydrogens is 222 g/mol. The number of hydrogen-bond donors (Lipinski definition) is 1. The van der Waals surface area contributed by atoms with Crippen LogP contribution in [0.5, 0.6) is 0 Å². The lowest BCUT2D eigenvalue weighted by atomic mass is 9.90. The highest BCUT2D eigenvalue weighted by atomic mass is 15.3. The molecule has 3 aliphatic rings. The minimum atomic E-state index is 0.491. The molecule has 3 rings (SSSR count). The van der Waals surface area contributed by atoms with E-state index in [0.29, 0.717) is 5.54 Å². The van der Waals surface area contributed by atoms with Crippen LogP contribution in [0.1, 0.15) is 45.4 Å². The van der Waals surface area contributed by atoms with Gasteiger partial charge in [-0.1, -0.05) is 12.8 Å². The number of rotatable bonds is 1. The summed E-state index contributed by atoms with van der Waals surface area (Å²) in [4.78, 5) is 5.33. The molecule has 2 heterocycles. The van der Waals surface area contributed by atoms with Crippen LogP contribution in [0, 0.1) is 0 Å². The average molecular weight is 251 g/mol. The van der Waals surface area contributed by atoms with E-state index in [1.54, 1.807) is 0 Å². The van der Waals surface area contributed by atoms with Crippen molar-refractivity contribution < 1.29 is 0 Å². The molecule has 2 saturated heterocycles. The van der Waals surface area contributed by atoms with Gasteiger partial charge in [0.25, 0.3) is 0 Å². The van der Waals surface area contributed by atoms with Crippen molar-refractivity contribution in [2.45, 2.75) is 63.1 Å². The van der Waals surface area contributed by atoms with Crippen LogP contribution in [0.4, 0.5) is 0 Å². The molecule has 3 fully saturated rings. The lowest BCUT2D eigenvalue weighted by Crippen LogP contribution is -2.62. The van der Waals surface area contributed by atoms with Crippen LogP contribution in [0.2, 0.25) is 0 Å². The normalized spacial score (nSPS) is 38.3. The van der Waals surface area contributed by atoms with Crippen LogP contribution in [0.25, 0.3) is 0 Å². The largest absolute Gasteiger partial charge is 0.309 e. The topological polar surface area (TPSA) is 18.5 Å². The van der Waals surface area contributed by atoms with E-state index in [4.69, 9.17) is 0 Å². The lowest BCUT2D eigenvalue weighted by Gasteiger charge is -2.48. The van der Waals surface area contributed by atoms with Gasteiger partial charge in [0.2, 0.25) is 0 Å². The Balaban J connectivity index is 1.62. The first-order valence-electron chi connectivity index (χ1n) is 7.88. The van der Waals surface area contributed by atoms with Crippen molar-refractivity contribution in [2.75, 3.05) is 33.2 Å². The van der Waals surface area contributed by atoms with Crippen LogP contribution in [-0.2, 0) is 0 Å². The van der Waals surface area contributed by atoms with Crippen molar-refractivity contribution in [3.05, 3.63) is 0 Å². The maximum atomic E-state index is 3.83. The highest BCUT2D eigenvalue weighted by molar-refractivity contribution is 5.00. The van der Waals surface area contributed by atoms with Crippen LogP contribution < -0.4 is 5.32 Å². The molecule has 0 radical (unpaired) electrons. The Morgan fingerprint density at radius 2 is 1.94 bits per heavy atom. The van der Waals surface area contributed by atoms with E-state index in [1.165, 1.54) is 64.7 Å². The molecule has 2 unspecified atom stereocenters. The molecule has 18 heavy (non-hydrogen) atoms. The average Bonchev–Trinajstić information content (AvgIpc) is 2.81. The van der Waals surface area contributed by atoms with Gasteiger partial charge in [-0.25, -0.2) is 0 Å². The Kier molecular flexibility index (Phi) is 3.65. The van der Waals surface area contributed by atoms with E-state index in [9.17, 15) is 0 Å². The van der Waals surface area contributed by atoms with Crippen molar-refractivity contribution in [2.24, 2.45) is 0 Å². The van der Waals surface area contributed by atoms with Crippen LogP contribution in [0.3, 0.4) is 0 Å². The summed E-state index contributed by atoms with van der Waals surface area (Å²) in [6.45, 7) is 7.46. The monoisotopic (exact) mass is 251 g/mol. The van der Waals surface area contributed by atoms with Gasteiger partial charge in [0.15, 0.2) is 0 Å². The summed E-state index contributed by atoms with van der Waals surface area (Å²) in [5.41, 5.74) is 0.491. The predicted molar refractivity (Wildman–Crippen MR) is 75.9 cm³/mol. The molecule has 2 aliphatic heterocycles. The summed E-state index contributed by atoms with van der Waals surface area (Å²) < 4.78 is 0. The fourth-order valence-corrected chi connectivity index (χ4v) is 4.28. The molecule has 1 spiro atoms. The summed E-state index contributed by atoms with van der Waals surface area (Å²) in [5, 5.41) is 3.83. The van der Waals surface area contributed by atoms with E-state index in [-0.39, 0.29) is 0 Å². The molecule has 104 valence electrons. The van der Waals surface area contributed by atoms with E-state index < -0.39 is 0 Å². The molecule has 3 nitrogen and oxygen atoms in total. The first-order valence-corrected chi connectivity index (χ1v) is 7.88. The number of nitrogens with zero attached hydrogens (tertiary/aromatic N) is 2. The first kappa shape index (κ1) is 12.9. The number of piperidine rings is 1. The Labute approximate surface area is 112 Å². The van der Waals surface area contributed by atoms with Crippen molar-refractivity contribution >= 4 is 0 Å². The lowest BCUT2D eigenvalue weighted by molar-refractivity contribution is 0.0436. The third-order valence-corrected chi connectivity index (χ3v) is 5.66. The zero-order valence-electron chi connectivity index (χ0n) is 12.1. The van der Waals surface area contributed by atoms with Crippen molar-refractivity contribution in [3.63, 3.8) is 0 Å². The summed E-state index contributed by atoms with van der Waals surface area (Å²) in [6, 6.07) is 1.61. The summed E-state index contributed by atoms with van der Waals surface area (Å²) in [6.07, 6.45) is 8.43. The molecule has 2 atom stereocenters. The molecule has 0 bridgehead atoms. The van der Waals surface area contributed by atoms with Gasteiger partial charge >= 0.3 is 0 Å². The zero-order chi connectivity index (χ0) is 12.6. The molecule has 0 aromatic heterocycles. The molecule has 1 N–H and O–H groups in total. The van der Waals surface area contributed by atoms with E-state index in [1.807, 2.05) is 0 Å². The van der Waals surface area contributed by atoms with Gasteiger partial charge in [0.05, 0.1) is 0 Å². The minimum Gasteiger partial charge on any atom is -0.309 e. The highest BCUT2D eigenvalue weighted by Crippen LogP contribution is 2.33. The van der Waals surface area contributed by atoms with Crippen molar-refractivity contribution in [3.8, 4) is 0 Å². The van der Waals surface area contributed by atoms with Crippen LogP contribution in [-0.4, -0.2) is 60.6 Å². The van der Waals surface area contributed by atoms with Gasteiger partial charge in [-0.05, 0) is 46.2 Å². The third kappa shape index (κ3) is 2.45. The van der Waals surface area contributed by atoms with Gasteiger partial charge in [0, 0.05) is 37.3 Å². The number of piperazine rings is 1. The molecule has 3 heteroatoms. The third-order valence-electron chi connectivity index (χ3n) is 5.66. The Morgan fingerprint density at radius 1 is 1.17 bits per heavy atom. The maximum Gasteiger partial charge on any atom is 0.0309 e. The molecule has 1 saturated carbocycles. The second-order valence-electron chi connectivity index (χ2n) is 6.89. The fraction of sp³-hybridized carbons (Fsp3) is 1.00. The second-order valence-corrected chi connectivity index (χ2v) is 6.89. The van der Waals surface area contributed by atoms with Gasteiger partial charge in [-0.15, -0.1) is 0 Å². The van der Waals surface area contributed by atoms with Crippen LogP contribution >= 0.6 is 0 Å². The summed E-state index contributed by atoms with van der Waals surface area (Å²) >= 11 is 0. The van der Waals surface area contributed by atoms with Gasteiger partial charge in [-0.2, -0.15) is 0 Å². The predicted octanol–water partition coefficient (Wildman–Crippen LogP) is 1.69. The van der Waals surface area contributed by atoms with Gasteiger partial charge < -0.3 is 10.2 Å². The fourth-order valence-electron chi connectivity index (χ4n) is 4.28. The molecule has 1 aliphatic carbocycles. The molecule has 0 aromatic rings. The Bertz CT molecular complexity index is 285. The first-order chi connectivity index (χ1) is 8.69. The minimum absolute atomic E-state index is 0.491. The van der Waals surface area contributed by atoms with Crippen molar-refractivity contribution in [1.82, 2.24) is 15.1 Å². The maximum absolute atomic E-state index is 3.83. The van der Waals surface area contributed by atoms with E-state index in [0.717, 1.165) is 12.1 Å². The number of likely N-dealkylation sites (tertiary alicyclic amines) is 1. The van der Waals surface area contributed by atoms with Crippen LogP contribution in [0.15, 0.2) is 0 Å². The Morgan fingerprint density at radius 3 is 2.67 bits per heavy atom. The number of hydrogen-bond acceptors (Lipinski definition) is 3. The smallest absolute Gasteiger partial charge is 0.0309 e. The Hall–Kier alpha value is -0.120. The molecule has 0 amide bonds. The highest BCUT2D eigenvalue weighted by Gasteiger charge is 2.40. The quantitative estimate of drug-likeness (QED) is 0.765. The van der Waals surface area contributed by atoms with Gasteiger partial charge in [0.1, 0.15) is 0 Å². The molecule has 0 aromatic carbocycles. The number of nitrogens with one attached hydrogen (secondary N) is 1. The molecular formula is C15H29N3. The zero-order valence-corrected chi connectivity index (χ0v) is 12.1. The second kappa shape index (κ2) is 5.10. The SMILES string of the molecule is CC1CC(N2CCNC3(CCCC3)C2)CCN1C. The summed E-state index contributed by atoms with van der Waals surface area (Å²) in [5.74, 6) is 0. The van der Waals surface area contributed by atoms with Crippen molar-refractivity contribution in [1.29, 1.82) is 0 Å². The summed E-state index contributed by atoms with van der Waals surface area (Å²) in [7, 11) is 2.27. The van der Waals surface area contributed by atoms with E-state index >= 15 is 0 Å². The van der Waals surface area contributed by atoms with Gasteiger partial charge in [-0.3, -0.25) is 4.90 Å². The standard InChI is InChI=1S/C15H29N3/c1-13-11-14(5-9-17(13)2)18-10-8-16-15(12-18)6-3-4-7-15/h13-14,16H,3-12H2,1-2H3. The van der Waals surface area contributed by atoms with E-state index in [2.05, 4.69) is 29.1 Å².